The number of hydrogen-bond donors (Lipinski definition) is 2. The molecule has 3 aromatic heterocycles. The highest BCUT2D eigenvalue weighted by molar-refractivity contribution is 7.15. The van der Waals surface area contributed by atoms with Crippen LogP contribution in [0.4, 0.5) is 0 Å². The number of hydrogen-bond acceptors (Lipinski definition) is 5. The predicted octanol–water partition coefficient (Wildman–Crippen LogP) is 4.88. The summed E-state index contributed by atoms with van der Waals surface area (Å²) in [5.74, 6) is 0.724. The number of amides is 1. The lowest BCUT2D eigenvalue weighted by atomic mass is 9.99. The van der Waals surface area contributed by atoms with Crippen molar-refractivity contribution in [2.24, 2.45) is 4.99 Å². The molecule has 0 spiro atoms. The van der Waals surface area contributed by atoms with E-state index in [-0.39, 0.29) is 12.3 Å². The number of halogens is 1. The molecule has 174 valence electrons. The Hall–Kier alpha value is -3.23. The van der Waals surface area contributed by atoms with Gasteiger partial charge in [0, 0.05) is 57.8 Å². The molecule has 34 heavy (non-hydrogen) atoms. The zero-order valence-electron chi connectivity index (χ0n) is 19.2. The number of rotatable bonds is 6. The number of nitrogens with one attached hydrogen (secondary N) is 2. The molecule has 0 aliphatic carbocycles. The SMILES string of the molecule is Cc1sc2c(c1C)C(c1ccc(Cl)cc1)=N[C@@H](CC(=O)NCCc1cnc[nH]1)c1ncc(C)n1-2. The standard InChI is InChI=1S/C25H25ClN6OS/c1-14-11-29-24-20(10-21(33)28-9-8-19-12-27-13-30-19)31-23(17-4-6-18(26)7-5-17)22-15(2)16(3)34-25(22)32(14)24/h4-7,11-13,20H,8-10H2,1-3H3,(H,27,30)(H,28,33)/t20-/m0/s1. The Labute approximate surface area is 206 Å². The van der Waals surface area contributed by atoms with Crippen molar-refractivity contribution in [2.45, 2.75) is 39.7 Å². The Kier molecular flexibility index (Phi) is 6.10. The van der Waals surface area contributed by atoms with Crippen molar-refractivity contribution >= 4 is 34.6 Å². The molecule has 0 bridgehead atoms. The van der Waals surface area contributed by atoms with Crippen LogP contribution in [0.15, 0.2) is 48.0 Å². The van der Waals surface area contributed by atoms with Gasteiger partial charge in [0.15, 0.2) is 0 Å². The Bertz CT molecular complexity index is 1370. The first-order chi connectivity index (χ1) is 16.4. The molecule has 2 N–H and O–H groups in total. The molecular weight excluding hydrogens is 468 g/mol. The van der Waals surface area contributed by atoms with E-state index in [4.69, 9.17) is 21.6 Å². The molecule has 7 nitrogen and oxygen atoms in total. The van der Waals surface area contributed by atoms with Gasteiger partial charge in [-0.25, -0.2) is 9.97 Å². The lowest BCUT2D eigenvalue weighted by Crippen LogP contribution is -2.27. The van der Waals surface area contributed by atoms with E-state index in [1.807, 2.05) is 37.4 Å². The van der Waals surface area contributed by atoms with Gasteiger partial charge in [0.1, 0.15) is 16.9 Å². The number of carbonyl (C=O) groups excluding carboxylic acids is 1. The van der Waals surface area contributed by atoms with Gasteiger partial charge in [0.2, 0.25) is 5.91 Å². The number of thiophene rings is 1. The van der Waals surface area contributed by atoms with Gasteiger partial charge >= 0.3 is 0 Å². The van der Waals surface area contributed by atoms with Crippen molar-refractivity contribution in [1.29, 1.82) is 0 Å². The number of aromatic nitrogens is 4. The van der Waals surface area contributed by atoms with Crippen LogP contribution in [-0.2, 0) is 11.2 Å². The topological polar surface area (TPSA) is 88.0 Å². The Morgan fingerprint density at radius 1 is 1.21 bits per heavy atom. The molecule has 4 aromatic rings. The van der Waals surface area contributed by atoms with Gasteiger partial charge in [0.05, 0.1) is 18.5 Å². The second-order valence-electron chi connectivity index (χ2n) is 8.44. The molecule has 1 aromatic carbocycles. The van der Waals surface area contributed by atoms with Crippen LogP contribution in [0.25, 0.3) is 5.00 Å². The summed E-state index contributed by atoms with van der Waals surface area (Å²) >= 11 is 7.90. The summed E-state index contributed by atoms with van der Waals surface area (Å²) in [5.41, 5.74) is 6.13. The van der Waals surface area contributed by atoms with E-state index in [1.165, 1.54) is 10.4 Å². The predicted molar refractivity (Wildman–Crippen MR) is 135 cm³/mol. The number of benzene rings is 1. The van der Waals surface area contributed by atoms with Crippen LogP contribution in [0.1, 0.15) is 51.2 Å². The van der Waals surface area contributed by atoms with Gasteiger partial charge in [-0.1, -0.05) is 23.7 Å². The average Bonchev–Trinajstić information content (AvgIpc) is 3.51. The highest BCUT2D eigenvalue weighted by Crippen LogP contribution is 2.39. The molecule has 0 radical (unpaired) electrons. The summed E-state index contributed by atoms with van der Waals surface area (Å²) in [5, 5.41) is 4.78. The van der Waals surface area contributed by atoms with Crippen molar-refractivity contribution in [3.05, 3.63) is 86.8 Å². The first kappa shape index (κ1) is 22.6. The Morgan fingerprint density at radius 2 is 2.00 bits per heavy atom. The van der Waals surface area contributed by atoms with E-state index in [0.717, 1.165) is 39.1 Å². The molecule has 0 fully saturated rings. The summed E-state index contributed by atoms with van der Waals surface area (Å²) in [6.45, 7) is 6.83. The van der Waals surface area contributed by atoms with Crippen LogP contribution in [-0.4, -0.2) is 37.7 Å². The number of imidazole rings is 2. The Balaban J connectivity index is 1.52. The van der Waals surface area contributed by atoms with E-state index >= 15 is 0 Å². The fourth-order valence-electron chi connectivity index (χ4n) is 4.25. The molecule has 0 saturated heterocycles. The van der Waals surface area contributed by atoms with E-state index in [0.29, 0.717) is 18.0 Å². The number of aryl methyl sites for hydroxylation is 2. The molecule has 0 unspecified atom stereocenters. The Morgan fingerprint density at radius 3 is 2.74 bits per heavy atom. The lowest BCUT2D eigenvalue weighted by Gasteiger charge is -2.14. The van der Waals surface area contributed by atoms with Crippen molar-refractivity contribution in [3.8, 4) is 5.00 Å². The largest absolute Gasteiger partial charge is 0.356 e. The van der Waals surface area contributed by atoms with Gasteiger partial charge < -0.3 is 10.3 Å². The van der Waals surface area contributed by atoms with E-state index < -0.39 is 6.04 Å². The van der Waals surface area contributed by atoms with Gasteiger partial charge in [-0.3, -0.25) is 14.4 Å². The molecule has 9 heteroatoms. The molecule has 5 rings (SSSR count). The molecule has 1 amide bonds. The van der Waals surface area contributed by atoms with Crippen LogP contribution in [0.5, 0.6) is 0 Å². The number of H-pyrrole nitrogens is 1. The zero-order chi connectivity index (χ0) is 23.8. The quantitative estimate of drug-likeness (QED) is 0.402. The number of fused-ring (bicyclic) bond motifs is 3. The summed E-state index contributed by atoms with van der Waals surface area (Å²) in [6.07, 6.45) is 6.17. The maximum absolute atomic E-state index is 12.9. The smallest absolute Gasteiger partial charge is 0.222 e. The molecular formula is C25H25ClN6OS. The van der Waals surface area contributed by atoms with Crippen molar-refractivity contribution < 1.29 is 4.79 Å². The number of nitrogens with zero attached hydrogens (tertiary/aromatic N) is 4. The van der Waals surface area contributed by atoms with E-state index in [2.05, 4.69) is 33.7 Å². The molecule has 0 saturated carbocycles. The third kappa shape index (κ3) is 4.19. The summed E-state index contributed by atoms with van der Waals surface area (Å²) in [6, 6.07) is 7.31. The summed E-state index contributed by atoms with van der Waals surface area (Å²) < 4.78 is 2.16. The lowest BCUT2D eigenvalue weighted by molar-refractivity contribution is -0.121. The zero-order valence-corrected chi connectivity index (χ0v) is 20.8. The summed E-state index contributed by atoms with van der Waals surface area (Å²) in [7, 11) is 0. The number of aliphatic imine (C=N–C) groups is 1. The molecule has 1 aliphatic heterocycles. The van der Waals surface area contributed by atoms with Crippen LogP contribution >= 0.6 is 22.9 Å². The van der Waals surface area contributed by atoms with Gasteiger partial charge in [-0.2, -0.15) is 0 Å². The highest BCUT2D eigenvalue weighted by Gasteiger charge is 2.31. The van der Waals surface area contributed by atoms with Crippen LogP contribution in [0.2, 0.25) is 5.02 Å². The van der Waals surface area contributed by atoms with Gasteiger partial charge in [0.25, 0.3) is 0 Å². The number of aromatic amines is 1. The minimum atomic E-state index is -0.411. The van der Waals surface area contributed by atoms with E-state index in [1.54, 1.807) is 23.9 Å². The first-order valence-electron chi connectivity index (χ1n) is 11.1. The van der Waals surface area contributed by atoms with Crippen LogP contribution < -0.4 is 5.32 Å². The molecule has 4 heterocycles. The van der Waals surface area contributed by atoms with Crippen molar-refractivity contribution in [3.63, 3.8) is 0 Å². The normalized spacial score (nSPS) is 14.8. The maximum atomic E-state index is 12.9. The van der Waals surface area contributed by atoms with E-state index in [9.17, 15) is 4.79 Å². The monoisotopic (exact) mass is 492 g/mol. The van der Waals surface area contributed by atoms with Crippen molar-refractivity contribution in [1.82, 2.24) is 24.8 Å². The second-order valence-corrected chi connectivity index (χ2v) is 10.1. The third-order valence-corrected chi connectivity index (χ3v) is 7.57. The van der Waals surface area contributed by atoms with Crippen LogP contribution in [0.3, 0.4) is 0 Å². The third-order valence-electron chi connectivity index (χ3n) is 6.12. The molecule has 1 aliphatic rings. The first-order valence-corrected chi connectivity index (χ1v) is 12.3. The van der Waals surface area contributed by atoms with Crippen molar-refractivity contribution in [2.75, 3.05) is 6.54 Å². The minimum Gasteiger partial charge on any atom is -0.356 e. The maximum Gasteiger partial charge on any atom is 0.222 e. The van der Waals surface area contributed by atoms with Gasteiger partial charge in [-0.05, 0) is 38.5 Å². The van der Waals surface area contributed by atoms with Gasteiger partial charge in [-0.15, -0.1) is 11.3 Å². The average molecular weight is 493 g/mol. The fourth-order valence-corrected chi connectivity index (χ4v) is 5.60. The minimum absolute atomic E-state index is 0.0610. The van der Waals surface area contributed by atoms with Crippen LogP contribution in [0, 0.1) is 20.8 Å². The summed E-state index contributed by atoms with van der Waals surface area (Å²) in [4.78, 5) is 31.1. The fraction of sp³-hybridized carbons (Fsp3) is 0.280. The number of carbonyl (C=O) groups is 1. The second kappa shape index (κ2) is 9.19. The molecule has 1 atom stereocenters. The highest BCUT2D eigenvalue weighted by atomic mass is 35.5.